The van der Waals surface area contributed by atoms with Crippen LogP contribution in [0.4, 0.5) is 0 Å². The molecule has 0 aromatic rings. The van der Waals surface area contributed by atoms with Crippen molar-refractivity contribution in [1.82, 2.24) is 0 Å². The molecule has 0 atom stereocenters. The van der Waals surface area contributed by atoms with Crippen LogP contribution in [0.15, 0.2) is 0 Å². The first-order chi connectivity index (χ1) is 5.33. The van der Waals surface area contributed by atoms with Crippen LogP contribution >= 0.6 is 0 Å². The summed E-state index contributed by atoms with van der Waals surface area (Å²) < 4.78 is 4.89. The van der Waals surface area contributed by atoms with Gasteiger partial charge in [0.15, 0.2) is 6.61 Å². The lowest BCUT2D eigenvalue weighted by atomic mass is 9.98. The number of hydrogen-bond acceptors (Lipinski definition) is 2. The van der Waals surface area contributed by atoms with Gasteiger partial charge in [0, 0.05) is 0 Å². The maximum absolute atomic E-state index is 10.5. The largest absolute Gasteiger partial charge is 0.461 e. The molecule has 11 heavy (non-hydrogen) atoms. The second kappa shape index (κ2) is 4.34. The predicted molar refractivity (Wildman–Crippen MR) is 38.5 cm³/mol. The first kappa shape index (κ1) is 8.53. The van der Waals surface area contributed by atoms with E-state index in [1.807, 2.05) is 0 Å². The van der Waals surface area contributed by atoms with Gasteiger partial charge in [0.1, 0.15) is 6.10 Å². The number of esters is 1. The van der Waals surface area contributed by atoms with Gasteiger partial charge in [0.25, 0.3) is 0 Å². The van der Waals surface area contributed by atoms with Gasteiger partial charge in [-0.15, -0.1) is 0 Å². The topological polar surface area (TPSA) is 46.2 Å². The average Bonchev–Trinajstić information content (AvgIpc) is 2.06. The lowest BCUT2D eigenvalue weighted by Gasteiger charge is -2.20. The Bertz CT molecular complexity index is 127. The molecule has 0 bridgehead atoms. The minimum Gasteiger partial charge on any atom is -0.461 e. The molecule has 63 valence electrons. The summed E-state index contributed by atoms with van der Waals surface area (Å²) >= 11 is 0. The molecule has 0 spiro atoms. The van der Waals surface area contributed by atoms with Crippen LogP contribution in [0.1, 0.15) is 32.1 Å². The molecule has 1 aliphatic rings. The smallest absolute Gasteiger partial charge is 0.335 e. The summed E-state index contributed by atoms with van der Waals surface area (Å²) in [6, 6.07) is 0. The van der Waals surface area contributed by atoms with Crippen molar-refractivity contribution in [2.45, 2.75) is 38.2 Å². The molecular weight excluding hydrogens is 144 g/mol. The summed E-state index contributed by atoms with van der Waals surface area (Å²) in [5.41, 5.74) is 0. The third-order valence-corrected chi connectivity index (χ3v) is 1.97. The van der Waals surface area contributed by atoms with Crippen LogP contribution in [0.3, 0.4) is 0 Å². The van der Waals surface area contributed by atoms with Crippen LogP contribution in [0.5, 0.6) is 0 Å². The Morgan fingerprint density at radius 1 is 1.27 bits per heavy atom. The highest BCUT2D eigenvalue weighted by molar-refractivity contribution is 5.70. The molecule has 0 unspecified atom stereocenters. The van der Waals surface area contributed by atoms with E-state index in [1.165, 1.54) is 6.42 Å². The van der Waals surface area contributed by atoms with Gasteiger partial charge < -0.3 is 4.74 Å². The van der Waals surface area contributed by atoms with Crippen LogP contribution in [-0.4, -0.2) is 18.7 Å². The van der Waals surface area contributed by atoms with Gasteiger partial charge in [-0.1, -0.05) is 6.42 Å². The summed E-state index contributed by atoms with van der Waals surface area (Å²) in [6.07, 6.45) is 5.38. The highest BCUT2D eigenvalue weighted by atomic mass is 16.6. The second-order valence-electron chi connectivity index (χ2n) is 2.89. The molecule has 1 aliphatic carbocycles. The van der Waals surface area contributed by atoms with Gasteiger partial charge in [-0.3, -0.25) is 0 Å². The van der Waals surface area contributed by atoms with Gasteiger partial charge in [-0.2, -0.15) is 0 Å². The lowest BCUT2D eigenvalue weighted by molar-refractivity contribution is -0.155. The fraction of sp³-hybridized carbons (Fsp3) is 0.875. The molecule has 1 fully saturated rings. The number of hydrogen-bond donors (Lipinski definition) is 0. The Kier molecular flexibility index (Phi) is 3.36. The van der Waals surface area contributed by atoms with Crippen molar-refractivity contribution < 1.29 is 14.6 Å². The molecule has 0 amide bonds. The van der Waals surface area contributed by atoms with Gasteiger partial charge in [-0.05, 0) is 25.7 Å². The molecular formula is C8H13O3. The zero-order valence-electron chi connectivity index (χ0n) is 6.54. The fourth-order valence-corrected chi connectivity index (χ4v) is 1.40. The van der Waals surface area contributed by atoms with E-state index in [4.69, 9.17) is 4.74 Å². The van der Waals surface area contributed by atoms with E-state index in [0.717, 1.165) is 25.7 Å². The maximum atomic E-state index is 10.5. The maximum Gasteiger partial charge on any atom is 0.335 e. The van der Waals surface area contributed by atoms with E-state index in [9.17, 15) is 9.90 Å². The van der Waals surface area contributed by atoms with Crippen LogP contribution in [0.25, 0.3) is 0 Å². The Labute approximate surface area is 66.4 Å². The molecule has 1 radical (unpaired) electrons. The van der Waals surface area contributed by atoms with E-state index >= 15 is 0 Å². The lowest BCUT2D eigenvalue weighted by Crippen LogP contribution is -2.22. The molecule has 3 heteroatoms. The Balaban J connectivity index is 2.19. The van der Waals surface area contributed by atoms with Crippen LogP contribution in [-0.2, 0) is 14.6 Å². The minimum atomic E-state index is -0.740. The molecule has 0 heterocycles. The zero-order valence-corrected chi connectivity index (χ0v) is 6.54. The van der Waals surface area contributed by atoms with Crippen molar-refractivity contribution in [1.29, 1.82) is 0 Å². The van der Waals surface area contributed by atoms with Gasteiger partial charge >= 0.3 is 5.97 Å². The Morgan fingerprint density at radius 3 is 2.45 bits per heavy atom. The summed E-state index contributed by atoms with van der Waals surface area (Å²) in [4.78, 5) is 10.5. The highest BCUT2D eigenvalue weighted by Gasteiger charge is 2.16. The standard InChI is InChI=1S/C8H13O3/c9-6-8(10)11-7-4-2-1-3-5-7/h7H,1-6H2. The highest BCUT2D eigenvalue weighted by Crippen LogP contribution is 2.20. The first-order valence-electron chi connectivity index (χ1n) is 4.10. The Morgan fingerprint density at radius 2 is 1.91 bits per heavy atom. The summed E-state index contributed by atoms with van der Waals surface area (Å²) in [7, 11) is 0. The van der Waals surface area contributed by atoms with Crippen LogP contribution in [0.2, 0.25) is 0 Å². The second-order valence-corrected chi connectivity index (χ2v) is 2.89. The van der Waals surface area contributed by atoms with Gasteiger partial charge in [0.2, 0.25) is 0 Å². The molecule has 1 rings (SSSR count). The third kappa shape index (κ3) is 2.89. The molecule has 3 nitrogen and oxygen atoms in total. The molecule has 0 saturated heterocycles. The molecule has 0 aromatic heterocycles. The van der Waals surface area contributed by atoms with E-state index in [0.29, 0.717) is 0 Å². The number of carbonyl (C=O) groups excluding carboxylic acids is 1. The zero-order chi connectivity index (χ0) is 8.10. The van der Waals surface area contributed by atoms with Crippen molar-refractivity contribution in [3.63, 3.8) is 0 Å². The van der Waals surface area contributed by atoms with Crippen molar-refractivity contribution in [3.05, 3.63) is 0 Å². The van der Waals surface area contributed by atoms with Gasteiger partial charge in [-0.25, -0.2) is 9.90 Å². The van der Waals surface area contributed by atoms with E-state index in [2.05, 4.69) is 0 Å². The first-order valence-corrected chi connectivity index (χ1v) is 4.10. The van der Waals surface area contributed by atoms with E-state index in [1.54, 1.807) is 0 Å². The molecule has 0 N–H and O–H groups in total. The minimum absolute atomic E-state index is 0.0326. The fourth-order valence-electron chi connectivity index (χ4n) is 1.40. The van der Waals surface area contributed by atoms with Crippen LogP contribution < -0.4 is 0 Å². The number of rotatable bonds is 2. The summed E-state index contributed by atoms with van der Waals surface area (Å²) in [6.45, 7) is -0.740. The van der Waals surface area contributed by atoms with Crippen molar-refractivity contribution in [2.75, 3.05) is 6.61 Å². The van der Waals surface area contributed by atoms with Crippen molar-refractivity contribution in [3.8, 4) is 0 Å². The van der Waals surface area contributed by atoms with Crippen LogP contribution in [0, 0.1) is 0 Å². The van der Waals surface area contributed by atoms with Gasteiger partial charge in [0.05, 0.1) is 0 Å². The van der Waals surface area contributed by atoms with E-state index < -0.39 is 12.6 Å². The SMILES string of the molecule is [O]CC(=O)OC1CCCCC1. The van der Waals surface area contributed by atoms with Crippen molar-refractivity contribution in [2.24, 2.45) is 0 Å². The van der Waals surface area contributed by atoms with Crippen molar-refractivity contribution >= 4 is 5.97 Å². The predicted octanol–water partition coefficient (Wildman–Crippen LogP) is 1.29. The summed E-state index contributed by atoms with van der Waals surface area (Å²) in [5, 5.41) is 10.0. The molecule has 1 saturated carbocycles. The summed E-state index contributed by atoms with van der Waals surface area (Å²) in [5.74, 6) is -0.600. The number of carbonyl (C=O) groups is 1. The molecule has 0 aliphatic heterocycles. The quantitative estimate of drug-likeness (QED) is 0.567. The Hall–Kier alpha value is -0.570. The number of ether oxygens (including phenoxy) is 1. The van der Waals surface area contributed by atoms with E-state index in [-0.39, 0.29) is 6.10 Å². The normalized spacial score (nSPS) is 19.7. The average molecular weight is 157 g/mol. The third-order valence-electron chi connectivity index (χ3n) is 1.97. The molecule has 0 aromatic carbocycles. The monoisotopic (exact) mass is 157 g/mol.